The van der Waals surface area contributed by atoms with Crippen molar-refractivity contribution in [1.82, 2.24) is 0 Å². The second-order valence-corrected chi connectivity index (χ2v) is 14.9. The van der Waals surface area contributed by atoms with Crippen molar-refractivity contribution in [3.63, 3.8) is 0 Å². The highest BCUT2D eigenvalue weighted by Gasteiger charge is 2.22. The first-order valence-electron chi connectivity index (χ1n) is 19.8. The molecule has 47 heavy (non-hydrogen) atoms. The molecule has 0 amide bonds. The van der Waals surface area contributed by atoms with Crippen LogP contribution in [-0.4, -0.2) is 41.0 Å². The van der Waals surface area contributed by atoms with Gasteiger partial charge in [0.2, 0.25) is 0 Å². The van der Waals surface area contributed by atoms with Gasteiger partial charge in [-0.15, -0.1) is 0 Å². The molecule has 8 nitrogen and oxygen atoms in total. The standard InChI is InChI=1S/C38H75O8P/c1-3-5-7-9-11-13-15-17-18-19-20-21-23-25-27-29-31-33-38(40)46-36(35-45-47(41,42)43)34-44-37(39)32-30-28-26-24-22-16-14-12-10-8-6-4-2/h36H,3-35H2,1-2H3,(H2,41,42,43)/t36-/m1/s1. The van der Waals surface area contributed by atoms with E-state index < -0.39 is 32.5 Å². The van der Waals surface area contributed by atoms with E-state index in [2.05, 4.69) is 18.4 Å². The van der Waals surface area contributed by atoms with Crippen LogP contribution in [0.25, 0.3) is 0 Å². The summed E-state index contributed by atoms with van der Waals surface area (Å²) < 4.78 is 26.3. The lowest BCUT2D eigenvalue weighted by Gasteiger charge is -2.18. The molecule has 0 aromatic carbocycles. The number of phosphoric ester groups is 1. The number of rotatable bonds is 37. The summed E-state index contributed by atoms with van der Waals surface area (Å²) in [5, 5.41) is 0. The number of ether oxygens (including phenoxy) is 2. The number of carbonyl (C=O) groups excluding carboxylic acids is 2. The third-order valence-electron chi connectivity index (χ3n) is 8.88. The normalized spacial score (nSPS) is 12.3. The van der Waals surface area contributed by atoms with E-state index in [4.69, 9.17) is 19.3 Å². The number of unbranched alkanes of at least 4 members (excludes halogenated alkanes) is 27. The van der Waals surface area contributed by atoms with Crippen LogP contribution in [0.1, 0.15) is 213 Å². The summed E-state index contributed by atoms with van der Waals surface area (Å²) in [5.41, 5.74) is 0. The smallest absolute Gasteiger partial charge is 0.462 e. The predicted molar refractivity (Wildman–Crippen MR) is 193 cm³/mol. The molecule has 1 atom stereocenters. The third kappa shape index (κ3) is 37.7. The molecule has 0 aliphatic carbocycles. The number of carbonyl (C=O) groups is 2. The molecular formula is C38H75O8P. The van der Waals surface area contributed by atoms with Crippen LogP contribution in [0, 0.1) is 0 Å². The Bertz CT molecular complexity index is 741. The largest absolute Gasteiger partial charge is 0.469 e. The van der Waals surface area contributed by atoms with Gasteiger partial charge in [0.05, 0.1) is 6.61 Å². The lowest BCUT2D eigenvalue weighted by Crippen LogP contribution is -2.29. The Balaban J connectivity index is 3.88. The quantitative estimate of drug-likeness (QED) is 0.0375. The highest BCUT2D eigenvalue weighted by Crippen LogP contribution is 2.36. The number of phosphoric acid groups is 1. The van der Waals surface area contributed by atoms with Crippen molar-refractivity contribution in [3.05, 3.63) is 0 Å². The Morgan fingerprint density at radius 3 is 1.09 bits per heavy atom. The Morgan fingerprint density at radius 2 is 0.766 bits per heavy atom. The zero-order chi connectivity index (χ0) is 34.7. The SMILES string of the molecule is CCCCCCCCCCCCCCCCCCCC(=O)O[C@H](COC(=O)CCCCCCCCCCCCCC)COP(=O)(O)O. The van der Waals surface area contributed by atoms with Crippen molar-refractivity contribution in [2.24, 2.45) is 0 Å². The fourth-order valence-corrected chi connectivity index (χ4v) is 6.26. The summed E-state index contributed by atoms with van der Waals surface area (Å²) in [6.45, 7) is 3.70. The van der Waals surface area contributed by atoms with Gasteiger partial charge in [-0.25, -0.2) is 4.57 Å². The first-order valence-corrected chi connectivity index (χ1v) is 21.4. The summed E-state index contributed by atoms with van der Waals surface area (Å²) in [6.07, 6.45) is 35.4. The van der Waals surface area contributed by atoms with Crippen LogP contribution in [0.3, 0.4) is 0 Å². The number of hydrogen-bond donors (Lipinski definition) is 2. The van der Waals surface area contributed by atoms with Gasteiger partial charge < -0.3 is 19.3 Å². The molecule has 0 aliphatic rings. The molecule has 9 heteroatoms. The van der Waals surface area contributed by atoms with Gasteiger partial charge in [-0.2, -0.15) is 0 Å². The van der Waals surface area contributed by atoms with E-state index in [1.165, 1.54) is 148 Å². The molecule has 0 fully saturated rings. The molecule has 0 saturated carbocycles. The first kappa shape index (κ1) is 46.0. The second-order valence-electron chi connectivity index (χ2n) is 13.6. The van der Waals surface area contributed by atoms with Gasteiger partial charge in [0.1, 0.15) is 6.61 Å². The zero-order valence-corrected chi connectivity index (χ0v) is 31.6. The minimum absolute atomic E-state index is 0.220. The van der Waals surface area contributed by atoms with Gasteiger partial charge in [0, 0.05) is 12.8 Å². The molecule has 0 bridgehead atoms. The Hall–Kier alpha value is -0.950. The monoisotopic (exact) mass is 691 g/mol. The molecule has 2 N–H and O–H groups in total. The Kier molecular flexibility index (Phi) is 34.2. The summed E-state index contributed by atoms with van der Waals surface area (Å²) in [4.78, 5) is 42.7. The van der Waals surface area contributed by atoms with E-state index in [1.54, 1.807) is 0 Å². The van der Waals surface area contributed by atoms with E-state index in [1.807, 2.05) is 0 Å². The fourth-order valence-electron chi connectivity index (χ4n) is 5.90. The topological polar surface area (TPSA) is 119 Å². The van der Waals surface area contributed by atoms with Gasteiger partial charge in [0.25, 0.3) is 0 Å². The van der Waals surface area contributed by atoms with Crippen molar-refractivity contribution >= 4 is 19.8 Å². The summed E-state index contributed by atoms with van der Waals surface area (Å²) >= 11 is 0. The van der Waals surface area contributed by atoms with Crippen LogP contribution < -0.4 is 0 Å². The first-order chi connectivity index (χ1) is 22.8. The van der Waals surface area contributed by atoms with E-state index in [9.17, 15) is 14.2 Å². The van der Waals surface area contributed by atoms with Crippen LogP contribution in [-0.2, 0) is 28.2 Å². The van der Waals surface area contributed by atoms with Crippen molar-refractivity contribution in [3.8, 4) is 0 Å². The van der Waals surface area contributed by atoms with Gasteiger partial charge in [-0.05, 0) is 12.8 Å². The van der Waals surface area contributed by atoms with Crippen LogP contribution >= 0.6 is 7.82 Å². The third-order valence-corrected chi connectivity index (χ3v) is 9.36. The summed E-state index contributed by atoms with van der Waals surface area (Å²) in [5.74, 6) is -0.871. The molecule has 0 heterocycles. The average Bonchev–Trinajstić information content (AvgIpc) is 3.04. The molecule has 0 saturated heterocycles. The van der Waals surface area contributed by atoms with Gasteiger partial charge in [-0.1, -0.05) is 187 Å². The van der Waals surface area contributed by atoms with Gasteiger partial charge in [-0.3, -0.25) is 14.1 Å². The van der Waals surface area contributed by atoms with Crippen LogP contribution in [0.5, 0.6) is 0 Å². The van der Waals surface area contributed by atoms with Crippen molar-refractivity contribution in [1.29, 1.82) is 0 Å². The molecule has 0 rings (SSSR count). The molecular weight excluding hydrogens is 615 g/mol. The Morgan fingerprint density at radius 1 is 0.468 bits per heavy atom. The molecule has 0 radical (unpaired) electrons. The molecule has 0 aromatic heterocycles. The van der Waals surface area contributed by atoms with Crippen LogP contribution in [0.2, 0.25) is 0 Å². The average molecular weight is 691 g/mol. The van der Waals surface area contributed by atoms with E-state index in [0.717, 1.165) is 32.1 Å². The molecule has 280 valence electrons. The molecule has 0 spiro atoms. The van der Waals surface area contributed by atoms with E-state index >= 15 is 0 Å². The van der Waals surface area contributed by atoms with Crippen molar-refractivity contribution in [2.75, 3.05) is 13.2 Å². The van der Waals surface area contributed by atoms with E-state index in [-0.39, 0.29) is 19.4 Å². The van der Waals surface area contributed by atoms with E-state index in [0.29, 0.717) is 6.42 Å². The van der Waals surface area contributed by atoms with Crippen LogP contribution in [0.4, 0.5) is 0 Å². The lowest BCUT2D eigenvalue weighted by molar-refractivity contribution is -0.161. The number of hydrogen-bond acceptors (Lipinski definition) is 6. The zero-order valence-electron chi connectivity index (χ0n) is 30.7. The highest BCUT2D eigenvalue weighted by atomic mass is 31.2. The maximum absolute atomic E-state index is 12.4. The lowest BCUT2D eigenvalue weighted by atomic mass is 10.0. The minimum atomic E-state index is -4.74. The minimum Gasteiger partial charge on any atom is -0.462 e. The Labute approximate surface area is 289 Å². The fraction of sp³-hybridized carbons (Fsp3) is 0.947. The van der Waals surface area contributed by atoms with Gasteiger partial charge >= 0.3 is 19.8 Å². The number of esters is 2. The molecule has 0 unspecified atom stereocenters. The maximum atomic E-state index is 12.4. The predicted octanol–water partition coefficient (Wildman–Crippen LogP) is 11.7. The second kappa shape index (κ2) is 34.9. The highest BCUT2D eigenvalue weighted by molar-refractivity contribution is 7.46. The molecule has 0 aromatic rings. The van der Waals surface area contributed by atoms with Crippen molar-refractivity contribution in [2.45, 2.75) is 219 Å². The molecule has 0 aliphatic heterocycles. The maximum Gasteiger partial charge on any atom is 0.469 e. The van der Waals surface area contributed by atoms with Crippen LogP contribution in [0.15, 0.2) is 0 Å². The van der Waals surface area contributed by atoms with Gasteiger partial charge in [0.15, 0.2) is 6.10 Å². The summed E-state index contributed by atoms with van der Waals surface area (Å²) in [6, 6.07) is 0. The van der Waals surface area contributed by atoms with Crippen molar-refractivity contribution < 1.29 is 37.9 Å². The summed E-state index contributed by atoms with van der Waals surface area (Å²) in [7, 11) is -4.74.